The molecule has 1 N–H and O–H groups in total. The molecule has 2 heterocycles. The molecule has 0 bridgehead atoms. The van der Waals surface area contributed by atoms with E-state index < -0.39 is 0 Å². The molecule has 0 aliphatic heterocycles. The summed E-state index contributed by atoms with van der Waals surface area (Å²) in [5.41, 5.74) is 4.72. The van der Waals surface area contributed by atoms with Crippen LogP contribution in [0.5, 0.6) is 0 Å². The van der Waals surface area contributed by atoms with Gasteiger partial charge in [0.2, 0.25) is 0 Å². The second-order valence-electron chi connectivity index (χ2n) is 5.92. The molecule has 0 radical (unpaired) electrons. The van der Waals surface area contributed by atoms with Gasteiger partial charge < -0.3 is 4.98 Å². The quantitative estimate of drug-likeness (QED) is 0.675. The van der Waals surface area contributed by atoms with Crippen LogP contribution in [0, 0.1) is 0 Å². The summed E-state index contributed by atoms with van der Waals surface area (Å²) < 4.78 is 0. The minimum Gasteiger partial charge on any atom is -0.358 e. The lowest BCUT2D eigenvalue weighted by Gasteiger charge is -2.15. The Kier molecular flexibility index (Phi) is 2.67. The van der Waals surface area contributed by atoms with Crippen molar-refractivity contribution >= 4 is 10.9 Å². The normalized spacial score (nSPS) is 11.9. The van der Waals surface area contributed by atoms with Gasteiger partial charge in [-0.2, -0.15) is 0 Å². The SMILES string of the molecule is CC(C)(C)c1cc2c(-c3ccccc3)nccc2[nH]1. The van der Waals surface area contributed by atoms with E-state index in [1.165, 1.54) is 11.1 Å². The highest BCUT2D eigenvalue weighted by Crippen LogP contribution is 2.31. The van der Waals surface area contributed by atoms with Crippen LogP contribution in [-0.2, 0) is 5.41 Å². The maximum Gasteiger partial charge on any atom is 0.0795 e. The van der Waals surface area contributed by atoms with Crippen molar-refractivity contribution in [3.63, 3.8) is 0 Å². The fourth-order valence-corrected chi connectivity index (χ4v) is 2.28. The summed E-state index contributed by atoms with van der Waals surface area (Å²) in [6, 6.07) is 14.6. The number of fused-ring (bicyclic) bond motifs is 1. The zero-order valence-electron chi connectivity index (χ0n) is 11.6. The molecule has 0 aliphatic carbocycles. The Morgan fingerprint density at radius 2 is 1.74 bits per heavy atom. The first-order chi connectivity index (χ1) is 9.05. The van der Waals surface area contributed by atoms with Gasteiger partial charge in [0.05, 0.1) is 5.69 Å². The summed E-state index contributed by atoms with van der Waals surface area (Å²) in [4.78, 5) is 8.06. The molecule has 1 aromatic carbocycles. The average Bonchev–Trinajstić information content (AvgIpc) is 2.83. The Labute approximate surface area is 113 Å². The molecule has 0 saturated heterocycles. The van der Waals surface area contributed by atoms with Crippen molar-refractivity contribution in [2.24, 2.45) is 0 Å². The van der Waals surface area contributed by atoms with E-state index in [0.29, 0.717) is 0 Å². The van der Waals surface area contributed by atoms with Gasteiger partial charge in [-0.3, -0.25) is 4.98 Å². The van der Waals surface area contributed by atoms with E-state index in [-0.39, 0.29) is 5.41 Å². The molecule has 96 valence electrons. The molecule has 2 nitrogen and oxygen atoms in total. The van der Waals surface area contributed by atoms with Gasteiger partial charge in [-0.05, 0) is 12.1 Å². The molecule has 3 aromatic rings. The van der Waals surface area contributed by atoms with Crippen LogP contribution < -0.4 is 0 Å². The van der Waals surface area contributed by atoms with Gasteiger partial charge in [-0.1, -0.05) is 51.1 Å². The predicted octanol–water partition coefficient (Wildman–Crippen LogP) is 4.53. The summed E-state index contributed by atoms with van der Waals surface area (Å²) in [5, 5.41) is 1.19. The summed E-state index contributed by atoms with van der Waals surface area (Å²) in [6.07, 6.45) is 1.87. The van der Waals surface area contributed by atoms with Crippen LogP contribution in [0.1, 0.15) is 26.5 Å². The Balaban J connectivity index is 2.24. The van der Waals surface area contributed by atoms with E-state index in [2.05, 4.69) is 48.9 Å². The Bertz CT molecular complexity index is 703. The molecule has 0 fully saturated rings. The van der Waals surface area contributed by atoms with E-state index in [0.717, 1.165) is 16.8 Å². The van der Waals surface area contributed by atoms with Gasteiger partial charge in [0.1, 0.15) is 0 Å². The summed E-state index contributed by atoms with van der Waals surface area (Å²) >= 11 is 0. The summed E-state index contributed by atoms with van der Waals surface area (Å²) in [6.45, 7) is 6.65. The van der Waals surface area contributed by atoms with Crippen molar-refractivity contribution in [2.45, 2.75) is 26.2 Å². The number of hydrogen-bond donors (Lipinski definition) is 1. The number of rotatable bonds is 1. The zero-order valence-corrected chi connectivity index (χ0v) is 11.6. The van der Waals surface area contributed by atoms with Crippen LogP contribution in [-0.4, -0.2) is 9.97 Å². The van der Waals surface area contributed by atoms with E-state index in [1.54, 1.807) is 0 Å². The third-order valence-electron chi connectivity index (χ3n) is 3.40. The van der Waals surface area contributed by atoms with Gasteiger partial charge in [0, 0.05) is 33.8 Å². The van der Waals surface area contributed by atoms with Crippen molar-refractivity contribution in [1.29, 1.82) is 0 Å². The highest BCUT2D eigenvalue weighted by molar-refractivity contribution is 5.93. The number of aromatic nitrogens is 2. The monoisotopic (exact) mass is 250 g/mol. The van der Waals surface area contributed by atoms with Gasteiger partial charge >= 0.3 is 0 Å². The Morgan fingerprint density at radius 1 is 1.00 bits per heavy atom. The number of H-pyrrole nitrogens is 1. The van der Waals surface area contributed by atoms with E-state index in [4.69, 9.17) is 0 Å². The molecule has 2 heteroatoms. The maximum atomic E-state index is 4.55. The van der Waals surface area contributed by atoms with Gasteiger partial charge in [-0.25, -0.2) is 0 Å². The summed E-state index contributed by atoms with van der Waals surface area (Å²) in [5.74, 6) is 0. The topological polar surface area (TPSA) is 28.7 Å². The molecular weight excluding hydrogens is 232 g/mol. The molecule has 0 atom stereocenters. The number of nitrogens with zero attached hydrogens (tertiary/aromatic N) is 1. The highest BCUT2D eigenvalue weighted by Gasteiger charge is 2.17. The maximum absolute atomic E-state index is 4.55. The number of nitrogens with one attached hydrogen (secondary N) is 1. The molecule has 0 amide bonds. The predicted molar refractivity (Wildman–Crippen MR) is 80.2 cm³/mol. The van der Waals surface area contributed by atoms with Crippen LogP contribution in [0.15, 0.2) is 48.7 Å². The molecule has 19 heavy (non-hydrogen) atoms. The lowest BCUT2D eigenvalue weighted by Crippen LogP contribution is -2.10. The number of hydrogen-bond acceptors (Lipinski definition) is 1. The minimum atomic E-state index is 0.118. The first-order valence-corrected chi connectivity index (χ1v) is 6.59. The lowest BCUT2D eigenvalue weighted by molar-refractivity contribution is 0.574. The Morgan fingerprint density at radius 3 is 2.42 bits per heavy atom. The minimum absolute atomic E-state index is 0.118. The summed E-state index contributed by atoms with van der Waals surface area (Å²) in [7, 11) is 0. The lowest BCUT2D eigenvalue weighted by atomic mass is 9.92. The molecule has 0 aliphatic rings. The molecule has 2 aromatic heterocycles. The van der Waals surface area contributed by atoms with Gasteiger partial charge in [-0.15, -0.1) is 0 Å². The second kappa shape index (κ2) is 4.23. The number of aromatic amines is 1. The van der Waals surface area contributed by atoms with Crippen molar-refractivity contribution in [1.82, 2.24) is 9.97 Å². The van der Waals surface area contributed by atoms with Crippen LogP contribution in [0.25, 0.3) is 22.2 Å². The van der Waals surface area contributed by atoms with Crippen LogP contribution in [0.4, 0.5) is 0 Å². The molecular formula is C17H18N2. The fraction of sp³-hybridized carbons (Fsp3) is 0.235. The van der Waals surface area contributed by atoms with Crippen molar-refractivity contribution in [3.05, 3.63) is 54.4 Å². The van der Waals surface area contributed by atoms with Crippen molar-refractivity contribution in [2.75, 3.05) is 0 Å². The van der Waals surface area contributed by atoms with Gasteiger partial charge in [0.25, 0.3) is 0 Å². The average molecular weight is 250 g/mol. The van der Waals surface area contributed by atoms with Gasteiger partial charge in [0.15, 0.2) is 0 Å². The largest absolute Gasteiger partial charge is 0.358 e. The molecule has 0 spiro atoms. The third-order valence-corrected chi connectivity index (χ3v) is 3.40. The van der Waals surface area contributed by atoms with Crippen LogP contribution in [0.2, 0.25) is 0 Å². The molecule has 0 saturated carbocycles. The smallest absolute Gasteiger partial charge is 0.0795 e. The standard InChI is InChI=1S/C17H18N2/c1-17(2,3)15-11-13-14(19-15)9-10-18-16(13)12-7-5-4-6-8-12/h4-11,19H,1-3H3. The Hall–Kier alpha value is -2.09. The first-order valence-electron chi connectivity index (χ1n) is 6.59. The fourth-order valence-electron chi connectivity index (χ4n) is 2.28. The second-order valence-corrected chi connectivity index (χ2v) is 5.92. The number of pyridine rings is 1. The third kappa shape index (κ3) is 2.14. The van der Waals surface area contributed by atoms with E-state index in [9.17, 15) is 0 Å². The van der Waals surface area contributed by atoms with E-state index in [1.807, 2.05) is 30.5 Å². The number of benzene rings is 1. The van der Waals surface area contributed by atoms with Crippen LogP contribution in [0.3, 0.4) is 0 Å². The van der Waals surface area contributed by atoms with E-state index >= 15 is 0 Å². The van der Waals surface area contributed by atoms with Crippen LogP contribution >= 0.6 is 0 Å². The zero-order chi connectivity index (χ0) is 13.5. The van der Waals surface area contributed by atoms with Crippen molar-refractivity contribution < 1.29 is 0 Å². The molecule has 0 unspecified atom stereocenters. The highest BCUT2D eigenvalue weighted by atomic mass is 14.8. The first kappa shape index (κ1) is 12.0. The molecule has 3 rings (SSSR count). The van der Waals surface area contributed by atoms with Crippen molar-refractivity contribution in [3.8, 4) is 11.3 Å².